The van der Waals surface area contributed by atoms with Gasteiger partial charge in [0, 0.05) is 38.8 Å². The Kier molecular flexibility index (Phi) is 4.66. The van der Waals surface area contributed by atoms with Gasteiger partial charge in [-0.25, -0.2) is 4.98 Å². The van der Waals surface area contributed by atoms with Gasteiger partial charge >= 0.3 is 0 Å². The second-order valence-electron chi connectivity index (χ2n) is 5.36. The Labute approximate surface area is 137 Å². The highest BCUT2D eigenvalue weighted by molar-refractivity contribution is 7.18. The number of hydrogen-bond donors (Lipinski definition) is 1. The van der Waals surface area contributed by atoms with Gasteiger partial charge in [-0.1, -0.05) is 12.1 Å². The number of carbonyl (C=O) groups excluding carboxylic acids is 3. The molecule has 7 heteroatoms. The zero-order valence-corrected chi connectivity index (χ0v) is 13.4. The number of hydrogen-bond acceptors (Lipinski definition) is 5. The van der Waals surface area contributed by atoms with E-state index in [4.69, 9.17) is 0 Å². The molecule has 0 atom stereocenters. The fourth-order valence-electron chi connectivity index (χ4n) is 2.51. The Hall–Kier alpha value is -2.28. The number of rotatable bonds is 6. The summed E-state index contributed by atoms with van der Waals surface area (Å²) < 4.78 is 1.14. The number of imide groups is 1. The van der Waals surface area contributed by atoms with Crippen molar-refractivity contribution in [2.24, 2.45) is 0 Å². The largest absolute Gasteiger partial charge is 0.356 e. The van der Waals surface area contributed by atoms with Crippen LogP contribution >= 0.6 is 11.3 Å². The summed E-state index contributed by atoms with van der Waals surface area (Å²) in [6, 6.07) is 7.93. The molecule has 1 fully saturated rings. The van der Waals surface area contributed by atoms with Crippen LogP contribution in [0.2, 0.25) is 0 Å². The first-order chi connectivity index (χ1) is 11.1. The molecule has 120 valence electrons. The van der Waals surface area contributed by atoms with Crippen LogP contribution in [0.25, 0.3) is 10.2 Å². The highest BCUT2D eigenvalue weighted by atomic mass is 32.1. The van der Waals surface area contributed by atoms with E-state index in [2.05, 4.69) is 10.3 Å². The van der Waals surface area contributed by atoms with Gasteiger partial charge in [-0.15, -0.1) is 11.3 Å². The summed E-state index contributed by atoms with van der Waals surface area (Å²) in [6.07, 6.45) is 1.35. The topological polar surface area (TPSA) is 79.4 Å². The standard InChI is InChI=1S/C16H17N3O3S/c20-13(8-10-19-15(21)5-6-16(19)22)17-9-7-14-18-11-3-1-2-4-12(11)23-14/h1-4H,5-10H2,(H,17,20). The van der Waals surface area contributed by atoms with Gasteiger partial charge in [-0.3, -0.25) is 19.3 Å². The lowest BCUT2D eigenvalue weighted by Gasteiger charge is -2.13. The molecule has 0 bridgehead atoms. The second kappa shape index (κ2) is 6.87. The normalized spacial score (nSPS) is 14.7. The number of para-hydroxylation sites is 1. The van der Waals surface area contributed by atoms with Crippen LogP contribution in [0.15, 0.2) is 24.3 Å². The molecule has 2 heterocycles. The molecular formula is C16H17N3O3S. The van der Waals surface area contributed by atoms with Crippen molar-refractivity contribution in [1.82, 2.24) is 15.2 Å². The van der Waals surface area contributed by atoms with E-state index >= 15 is 0 Å². The smallest absolute Gasteiger partial charge is 0.229 e. The Bertz CT molecular complexity index is 707. The first-order valence-electron chi connectivity index (χ1n) is 7.58. The van der Waals surface area contributed by atoms with E-state index in [0.717, 1.165) is 15.2 Å². The molecule has 2 aromatic rings. The van der Waals surface area contributed by atoms with Gasteiger partial charge in [-0.2, -0.15) is 0 Å². The monoisotopic (exact) mass is 331 g/mol. The van der Waals surface area contributed by atoms with Gasteiger partial charge in [0.15, 0.2) is 0 Å². The molecule has 1 aromatic carbocycles. The van der Waals surface area contributed by atoms with Crippen LogP contribution in [0.5, 0.6) is 0 Å². The third kappa shape index (κ3) is 3.73. The van der Waals surface area contributed by atoms with Crippen molar-refractivity contribution in [2.45, 2.75) is 25.7 Å². The number of fused-ring (bicyclic) bond motifs is 1. The molecule has 3 rings (SSSR count). The van der Waals surface area contributed by atoms with E-state index in [1.54, 1.807) is 11.3 Å². The maximum absolute atomic E-state index is 11.8. The Morgan fingerprint density at radius 1 is 1.22 bits per heavy atom. The molecule has 6 nitrogen and oxygen atoms in total. The number of amides is 3. The minimum atomic E-state index is -0.183. The number of nitrogens with zero attached hydrogens (tertiary/aromatic N) is 2. The van der Waals surface area contributed by atoms with Gasteiger partial charge in [0.1, 0.15) is 0 Å². The van der Waals surface area contributed by atoms with Gasteiger partial charge in [-0.05, 0) is 12.1 Å². The van der Waals surface area contributed by atoms with Crippen LogP contribution in [-0.2, 0) is 20.8 Å². The van der Waals surface area contributed by atoms with Crippen LogP contribution in [0.1, 0.15) is 24.3 Å². The molecule has 0 radical (unpaired) electrons. The SMILES string of the molecule is O=C(CCN1C(=O)CCC1=O)NCCc1nc2ccccc2s1. The highest BCUT2D eigenvalue weighted by Gasteiger charge is 2.28. The molecule has 1 N–H and O–H groups in total. The quantitative estimate of drug-likeness (QED) is 0.814. The number of thiazole rings is 1. The average Bonchev–Trinajstić information content (AvgIpc) is 3.08. The number of benzene rings is 1. The highest BCUT2D eigenvalue weighted by Crippen LogP contribution is 2.21. The molecule has 0 spiro atoms. The van der Waals surface area contributed by atoms with Crippen LogP contribution in [0.3, 0.4) is 0 Å². The van der Waals surface area contributed by atoms with Crippen molar-refractivity contribution in [3.63, 3.8) is 0 Å². The fraction of sp³-hybridized carbons (Fsp3) is 0.375. The van der Waals surface area contributed by atoms with Crippen molar-refractivity contribution in [3.8, 4) is 0 Å². The number of nitrogens with one attached hydrogen (secondary N) is 1. The summed E-state index contributed by atoms with van der Waals surface area (Å²) in [5.74, 6) is -0.520. The molecule has 3 amide bonds. The van der Waals surface area contributed by atoms with Crippen LogP contribution < -0.4 is 5.32 Å². The van der Waals surface area contributed by atoms with Crippen molar-refractivity contribution in [1.29, 1.82) is 0 Å². The summed E-state index contributed by atoms with van der Waals surface area (Å²) in [5.41, 5.74) is 0.977. The molecule has 0 unspecified atom stereocenters. The lowest BCUT2D eigenvalue weighted by molar-refractivity contribution is -0.138. The lowest BCUT2D eigenvalue weighted by atomic mass is 10.3. The minimum Gasteiger partial charge on any atom is -0.356 e. The maximum Gasteiger partial charge on any atom is 0.229 e. The Morgan fingerprint density at radius 2 is 1.96 bits per heavy atom. The average molecular weight is 331 g/mol. The van der Waals surface area contributed by atoms with Crippen LogP contribution in [0, 0.1) is 0 Å². The Morgan fingerprint density at radius 3 is 2.70 bits per heavy atom. The summed E-state index contributed by atoms with van der Waals surface area (Å²) in [5, 5.41) is 3.79. The van der Waals surface area contributed by atoms with E-state index in [0.29, 0.717) is 13.0 Å². The summed E-state index contributed by atoms with van der Waals surface area (Å²) >= 11 is 1.62. The van der Waals surface area contributed by atoms with E-state index in [1.807, 2.05) is 24.3 Å². The molecule has 1 saturated heterocycles. The van der Waals surface area contributed by atoms with Crippen molar-refractivity contribution < 1.29 is 14.4 Å². The second-order valence-corrected chi connectivity index (χ2v) is 6.48. The summed E-state index contributed by atoms with van der Waals surface area (Å²) in [7, 11) is 0. The molecule has 0 saturated carbocycles. The minimum absolute atomic E-state index is 0.150. The molecule has 1 aliphatic rings. The van der Waals surface area contributed by atoms with Gasteiger partial charge in [0.25, 0.3) is 0 Å². The van der Waals surface area contributed by atoms with Crippen LogP contribution in [0.4, 0.5) is 0 Å². The predicted molar refractivity (Wildman–Crippen MR) is 86.9 cm³/mol. The zero-order chi connectivity index (χ0) is 16.2. The molecule has 1 aliphatic heterocycles. The predicted octanol–water partition coefficient (Wildman–Crippen LogP) is 1.49. The Balaban J connectivity index is 1.42. The first-order valence-corrected chi connectivity index (χ1v) is 8.39. The van der Waals surface area contributed by atoms with Crippen molar-refractivity contribution in [2.75, 3.05) is 13.1 Å². The maximum atomic E-state index is 11.8. The first kappa shape index (κ1) is 15.6. The molecule has 23 heavy (non-hydrogen) atoms. The molecular weight excluding hydrogens is 314 g/mol. The van der Waals surface area contributed by atoms with Crippen LogP contribution in [-0.4, -0.2) is 40.7 Å². The van der Waals surface area contributed by atoms with E-state index in [9.17, 15) is 14.4 Å². The molecule has 1 aromatic heterocycles. The van der Waals surface area contributed by atoms with Gasteiger partial charge in [0.2, 0.25) is 17.7 Å². The summed E-state index contributed by atoms with van der Waals surface area (Å²) in [6.45, 7) is 0.672. The van der Waals surface area contributed by atoms with E-state index in [1.165, 1.54) is 4.90 Å². The van der Waals surface area contributed by atoms with E-state index in [-0.39, 0.29) is 43.5 Å². The number of carbonyl (C=O) groups is 3. The third-order valence-corrected chi connectivity index (χ3v) is 4.81. The van der Waals surface area contributed by atoms with E-state index < -0.39 is 0 Å². The van der Waals surface area contributed by atoms with Crippen molar-refractivity contribution in [3.05, 3.63) is 29.3 Å². The fourth-order valence-corrected chi connectivity index (χ4v) is 3.48. The summed E-state index contributed by atoms with van der Waals surface area (Å²) in [4.78, 5) is 40.4. The van der Waals surface area contributed by atoms with Gasteiger partial charge < -0.3 is 5.32 Å². The van der Waals surface area contributed by atoms with Gasteiger partial charge in [0.05, 0.1) is 15.2 Å². The number of likely N-dealkylation sites (tertiary alicyclic amines) is 1. The zero-order valence-electron chi connectivity index (χ0n) is 12.6. The lowest BCUT2D eigenvalue weighted by Crippen LogP contribution is -2.34. The number of aromatic nitrogens is 1. The molecule has 0 aliphatic carbocycles. The van der Waals surface area contributed by atoms with Crippen molar-refractivity contribution >= 4 is 39.3 Å². The third-order valence-electron chi connectivity index (χ3n) is 3.72.